The lowest BCUT2D eigenvalue weighted by atomic mass is 10.1. The Morgan fingerprint density at radius 3 is 2.63 bits per heavy atom. The number of anilines is 2. The van der Waals surface area contributed by atoms with Crippen molar-refractivity contribution in [1.82, 2.24) is 29.5 Å². The van der Waals surface area contributed by atoms with Gasteiger partial charge in [0.1, 0.15) is 23.3 Å². The van der Waals surface area contributed by atoms with E-state index in [0.717, 1.165) is 6.20 Å². The van der Waals surface area contributed by atoms with Gasteiger partial charge in [-0.2, -0.15) is 28.6 Å². The molecule has 0 saturated carbocycles. The quantitative estimate of drug-likeness (QED) is 0.354. The van der Waals surface area contributed by atoms with Gasteiger partial charge in [0.05, 0.1) is 40.4 Å². The van der Waals surface area contributed by atoms with E-state index in [2.05, 4.69) is 30.8 Å². The Labute approximate surface area is 213 Å². The van der Waals surface area contributed by atoms with Crippen molar-refractivity contribution in [2.45, 2.75) is 6.18 Å². The summed E-state index contributed by atoms with van der Waals surface area (Å²) in [4.78, 5) is 21.4. The van der Waals surface area contributed by atoms with Crippen molar-refractivity contribution in [3.8, 4) is 23.1 Å². The molecule has 190 valence electrons. The average molecular weight is 517 g/mol. The number of amides is 1. The van der Waals surface area contributed by atoms with Crippen molar-refractivity contribution in [3.05, 3.63) is 77.9 Å². The predicted octanol–water partition coefficient (Wildman–Crippen LogP) is 4.40. The van der Waals surface area contributed by atoms with Crippen LogP contribution in [-0.4, -0.2) is 42.5 Å². The maximum Gasteiger partial charge on any atom is 0.434 e. The average Bonchev–Trinajstić information content (AvgIpc) is 3.52. The number of aryl methyl sites for hydroxylation is 1. The lowest BCUT2D eigenvalue weighted by Crippen LogP contribution is -2.21. The smallest absolute Gasteiger partial charge is 0.373 e. The number of fused-ring (bicyclic) bond motifs is 1. The van der Waals surface area contributed by atoms with Crippen LogP contribution in [0.1, 0.15) is 21.6 Å². The van der Waals surface area contributed by atoms with Gasteiger partial charge in [-0.1, -0.05) is 6.07 Å². The number of carbonyl (C=O) groups is 1. The van der Waals surface area contributed by atoms with E-state index in [0.29, 0.717) is 27.1 Å². The van der Waals surface area contributed by atoms with Crippen molar-refractivity contribution in [1.29, 1.82) is 5.26 Å². The molecule has 0 aliphatic heterocycles. The fourth-order valence-electron chi connectivity index (χ4n) is 4.08. The highest BCUT2D eigenvalue weighted by Crippen LogP contribution is 2.35. The first-order chi connectivity index (χ1) is 18.2. The zero-order chi connectivity index (χ0) is 27.0. The minimum atomic E-state index is -4.91. The van der Waals surface area contributed by atoms with E-state index < -0.39 is 23.3 Å². The zero-order valence-corrected chi connectivity index (χ0v) is 19.9. The van der Waals surface area contributed by atoms with Gasteiger partial charge in [-0.3, -0.25) is 19.4 Å². The summed E-state index contributed by atoms with van der Waals surface area (Å²) in [6.07, 6.45) is -1.28. The lowest BCUT2D eigenvalue weighted by molar-refractivity contribution is -0.143. The van der Waals surface area contributed by atoms with E-state index in [1.54, 1.807) is 49.1 Å². The predicted molar refractivity (Wildman–Crippen MR) is 133 cm³/mol. The van der Waals surface area contributed by atoms with E-state index in [1.807, 2.05) is 6.07 Å². The van der Waals surface area contributed by atoms with E-state index in [1.165, 1.54) is 24.5 Å². The number of hydrogen-bond donors (Lipinski definition) is 2. The summed E-state index contributed by atoms with van der Waals surface area (Å²) in [5, 5.41) is 23.6. The molecule has 0 radical (unpaired) electrons. The van der Waals surface area contributed by atoms with Crippen molar-refractivity contribution < 1.29 is 18.0 Å². The summed E-state index contributed by atoms with van der Waals surface area (Å²) in [6, 6.07) is 12.9. The van der Waals surface area contributed by atoms with Crippen LogP contribution < -0.4 is 10.6 Å². The molecule has 5 rings (SSSR count). The van der Waals surface area contributed by atoms with E-state index in [9.17, 15) is 23.2 Å². The molecule has 0 unspecified atom stereocenters. The van der Waals surface area contributed by atoms with Crippen molar-refractivity contribution in [3.63, 3.8) is 0 Å². The lowest BCUT2D eigenvalue weighted by Gasteiger charge is -2.14. The summed E-state index contributed by atoms with van der Waals surface area (Å²) in [7, 11) is 3.43. The number of pyridine rings is 2. The molecule has 10 nitrogen and oxygen atoms in total. The molecule has 0 aliphatic carbocycles. The molecule has 0 aliphatic rings. The highest BCUT2D eigenvalue weighted by atomic mass is 19.4. The maximum atomic E-state index is 14.2. The van der Waals surface area contributed by atoms with Crippen molar-refractivity contribution in [2.24, 2.45) is 7.05 Å². The second-order valence-electron chi connectivity index (χ2n) is 8.14. The zero-order valence-electron chi connectivity index (χ0n) is 19.9. The Morgan fingerprint density at radius 2 is 1.92 bits per heavy atom. The highest BCUT2D eigenvalue weighted by Gasteiger charge is 2.41. The summed E-state index contributed by atoms with van der Waals surface area (Å²) in [5.41, 5.74) is -0.546. The molecule has 0 atom stereocenters. The van der Waals surface area contributed by atoms with Gasteiger partial charge in [0.2, 0.25) is 0 Å². The number of benzene rings is 1. The molecule has 5 aromatic rings. The number of nitrogens with one attached hydrogen (secondary N) is 2. The van der Waals surface area contributed by atoms with Gasteiger partial charge >= 0.3 is 6.18 Å². The Kier molecular flexibility index (Phi) is 6.00. The minimum absolute atomic E-state index is 0.0373. The molecule has 38 heavy (non-hydrogen) atoms. The van der Waals surface area contributed by atoms with Crippen LogP contribution in [0.5, 0.6) is 0 Å². The first kappa shape index (κ1) is 24.4. The topological polar surface area (TPSA) is 126 Å². The maximum absolute atomic E-state index is 14.2. The normalized spacial score (nSPS) is 11.4. The van der Waals surface area contributed by atoms with Gasteiger partial charge in [0.15, 0.2) is 5.69 Å². The third-order valence-electron chi connectivity index (χ3n) is 5.78. The molecule has 13 heteroatoms. The summed E-state index contributed by atoms with van der Waals surface area (Å²) in [5.74, 6) is -0.377. The van der Waals surface area contributed by atoms with Crippen LogP contribution in [0.3, 0.4) is 0 Å². The molecular weight excluding hydrogens is 499 g/mol. The fraction of sp³-hybridized carbons (Fsp3) is 0.120. The second kappa shape index (κ2) is 9.32. The molecule has 0 fully saturated rings. The van der Waals surface area contributed by atoms with Gasteiger partial charge in [0, 0.05) is 31.7 Å². The molecule has 1 aromatic carbocycles. The molecule has 4 heterocycles. The fourth-order valence-corrected chi connectivity index (χ4v) is 4.08. The van der Waals surface area contributed by atoms with Crippen LogP contribution >= 0.6 is 0 Å². The first-order valence-electron chi connectivity index (χ1n) is 11.1. The minimum Gasteiger partial charge on any atom is -0.373 e. The van der Waals surface area contributed by atoms with Gasteiger partial charge in [-0.15, -0.1) is 0 Å². The monoisotopic (exact) mass is 517 g/mol. The molecular formula is C25H18F3N9O. The third-order valence-corrected chi connectivity index (χ3v) is 5.78. The Hall–Kier alpha value is -5.25. The number of carbonyl (C=O) groups excluding carboxylic acids is 1. The highest BCUT2D eigenvalue weighted by molar-refractivity contribution is 6.05. The molecule has 4 aromatic heterocycles. The van der Waals surface area contributed by atoms with Crippen LogP contribution in [0.4, 0.5) is 24.7 Å². The number of aromatic nitrogens is 6. The second-order valence-corrected chi connectivity index (χ2v) is 8.14. The van der Waals surface area contributed by atoms with Crippen LogP contribution in [0, 0.1) is 11.3 Å². The summed E-state index contributed by atoms with van der Waals surface area (Å²) < 4.78 is 44.9. The number of rotatable bonds is 5. The number of hydrogen-bond acceptors (Lipinski definition) is 7. The number of nitriles is 1. The number of halogens is 3. The largest absolute Gasteiger partial charge is 0.434 e. The van der Waals surface area contributed by atoms with Crippen LogP contribution in [0.25, 0.3) is 28.0 Å². The summed E-state index contributed by atoms with van der Waals surface area (Å²) >= 11 is 0. The van der Waals surface area contributed by atoms with Crippen LogP contribution in [0.15, 0.2) is 61.1 Å². The van der Waals surface area contributed by atoms with Gasteiger partial charge < -0.3 is 10.6 Å². The first-order valence-corrected chi connectivity index (χ1v) is 11.1. The Balaban J connectivity index is 1.52. The Bertz CT molecular complexity index is 1730. The van der Waals surface area contributed by atoms with Gasteiger partial charge in [-0.25, -0.2) is 4.68 Å². The Morgan fingerprint density at radius 1 is 1.11 bits per heavy atom. The van der Waals surface area contributed by atoms with Gasteiger partial charge in [-0.05, 0) is 30.3 Å². The molecule has 0 bridgehead atoms. The SMILES string of the molecule is CNc1cc(-c2ncc(NC(=O)c3cnn(-c4cccc5ncccc45)c3C(F)(F)F)cc2C#N)nn1C. The van der Waals surface area contributed by atoms with Crippen LogP contribution in [0.2, 0.25) is 0 Å². The van der Waals surface area contributed by atoms with E-state index in [4.69, 9.17) is 0 Å². The van der Waals surface area contributed by atoms with Crippen LogP contribution in [-0.2, 0) is 13.2 Å². The summed E-state index contributed by atoms with van der Waals surface area (Å²) in [6.45, 7) is 0. The molecule has 2 N–H and O–H groups in total. The molecule has 0 saturated heterocycles. The van der Waals surface area contributed by atoms with E-state index >= 15 is 0 Å². The van der Waals surface area contributed by atoms with Crippen molar-refractivity contribution in [2.75, 3.05) is 17.7 Å². The van der Waals surface area contributed by atoms with E-state index in [-0.39, 0.29) is 22.6 Å². The number of alkyl halides is 3. The van der Waals surface area contributed by atoms with Crippen molar-refractivity contribution >= 4 is 28.3 Å². The van der Waals surface area contributed by atoms with Gasteiger partial charge in [0.25, 0.3) is 5.91 Å². The standard InChI is InChI=1S/C25H18F3N9O/c1-30-21-10-19(35-36(21)2)22-14(11-29)9-15(12-32-22)34-24(38)17-13-33-37(23(17)25(26,27)28)20-7-3-6-18-16(20)5-4-8-31-18/h3-10,12-13,30H,1-2H3,(H,34,38). The number of nitrogens with zero attached hydrogens (tertiary/aromatic N) is 7. The molecule has 0 spiro atoms. The molecule has 1 amide bonds. The third kappa shape index (κ3) is 4.28.